The Morgan fingerprint density at radius 2 is 1.59 bits per heavy atom. The topological polar surface area (TPSA) is 12.5 Å². The molecule has 0 saturated heterocycles. The van der Waals surface area contributed by atoms with Crippen molar-refractivity contribution >= 4 is 0 Å². The van der Waals surface area contributed by atoms with E-state index in [1.165, 1.54) is 28.7 Å². The highest BCUT2D eigenvalue weighted by Crippen LogP contribution is 2.56. The van der Waals surface area contributed by atoms with E-state index in [1.54, 1.807) is 0 Å². The van der Waals surface area contributed by atoms with Crippen molar-refractivity contribution in [1.82, 2.24) is 4.90 Å². The van der Waals surface area contributed by atoms with E-state index < -0.39 is 0 Å². The second-order valence-corrected chi connectivity index (χ2v) is 6.74. The average Bonchev–Trinajstić information content (AvgIpc) is 2.55. The fourth-order valence-electron chi connectivity index (χ4n) is 4.21. The molecular weight excluding hydrogens is 270 g/mol. The average molecular weight is 293 g/mol. The van der Waals surface area contributed by atoms with Crippen molar-refractivity contribution in [2.24, 2.45) is 0 Å². The van der Waals surface area contributed by atoms with Crippen LogP contribution in [0.2, 0.25) is 0 Å². The van der Waals surface area contributed by atoms with Crippen LogP contribution in [0.1, 0.15) is 41.0 Å². The first-order chi connectivity index (χ1) is 10.7. The second kappa shape index (κ2) is 5.22. The second-order valence-electron chi connectivity index (χ2n) is 6.74. The van der Waals surface area contributed by atoms with Gasteiger partial charge in [0.05, 0.1) is 6.61 Å². The molecule has 0 saturated carbocycles. The van der Waals surface area contributed by atoms with E-state index in [0.29, 0.717) is 5.92 Å². The van der Waals surface area contributed by atoms with E-state index in [9.17, 15) is 0 Å². The van der Waals surface area contributed by atoms with Crippen molar-refractivity contribution in [3.05, 3.63) is 70.8 Å². The monoisotopic (exact) mass is 293 g/mol. The molecule has 0 radical (unpaired) electrons. The van der Waals surface area contributed by atoms with Crippen LogP contribution in [0.15, 0.2) is 48.5 Å². The molecule has 0 aromatic heterocycles. The molecule has 0 atom stereocenters. The molecular formula is C20H23NO. The van der Waals surface area contributed by atoms with Crippen LogP contribution in [0.3, 0.4) is 0 Å². The van der Waals surface area contributed by atoms with Gasteiger partial charge in [0.25, 0.3) is 0 Å². The largest absolute Gasteiger partial charge is 0.364 e. The first-order valence-electron chi connectivity index (χ1n) is 8.20. The Labute approximate surface area is 132 Å². The molecule has 2 heteroatoms. The Morgan fingerprint density at radius 3 is 2.18 bits per heavy atom. The summed E-state index contributed by atoms with van der Waals surface area (Å²) in [7, 11) is 4.20. The zero-order valence-electron chi connectivity index (χ0n) is 13.4. The van der Waals surface area contributed by atoms with Gasteiger partial charge in [0.2, 0.25) is 0 Å². The zero-order chi connectivity index (χ0) is 15.2. The Kier molecular flexibility index (Phi) is 3.32. The maximum absolute atomic E-state index is 6.58. The number of fused-ring (bicyclic) bond motifs is 1. The van der Waals surface area contributed by atoms with Gasteiger partial charge in [-0.3, -0.25) is 0 Å². The normalized spacial score (nSPS) is 25.1. The molecule has 0 N–H and O–H groups in total. The van der Waals surface area contributed by atoms with Gasteiger partial charge in [-0.15, -0.1) is 0 Å². The summed E-state index contributed by atoms with van der Waals surface area (Å²) in [5.74, 6) is 0.548. The van der Waals surface area contributed by atoms with Crippen molar-refractivity contribution in [2.45, 2.75) is 24.4 Å². The molecule has 2 bridgehead atoms. The molecule has 2 aromatic rings. The van der Waals surface area contributed by atoms with Gasteiger partial charge in [-0.2, -0.15) is 0 Å². The van der Waals surface area contributed by atoms with E-state index in [-0.39, 0.29) is 5.60 Å². The van der Waals surface area contributed by atoms with Crippen molar-refractivity contribution in [1.29, 1.82) is 0 Å². The molecule has 0 heterocycles. The Balaban J connectivity index is 1.82. The molecule has 114 valence electrons. The highest BCUT2D eigenvalue weighted by atomic mass is 16.5. The summed E-state index contributed by atoms with van der Waals surface area (Å²) in [5.41, 5.74) is 5.49. The van der Waals surface area contributed by atoms with E-state index in [2.05, 4.69) is 67.5 Å². The molecule has 0 aliphatic heterocycles. The third-order valence-corrected chi connectivity index (χ3v) is 5.21. The van der Waals surface area contributed by atoms with Crippen molar-refractivity contribution in [3.63, 3.8) is 0 Å². The number of rotatable bonds is 4. The number of ether oxygens (including phenoxy) is 1. The molecule has 0 spiro atoms. The first-order valence-corrected chi connectivity index (χ1v) is 8.20. The van der Waals surface area contributed by atoms with Crippen LogP contribution in [0.5, 0.6) is 0 Å². The lowest BCUT2D eigenvalue weighted by Crippen LogP contribution is -2.43. The molecule has 0 fully saturated rings. The number of likely N-dealkylation sites (N-methyl/N-ethyl adjacent to an activating group) is 1. The summed E-state index contributed by atoms with van der Waals surface area (Å²) in [6, 6.07) is 17.8. The van der Waals surface area contributed by atoms with Crippen molar-refractivity contribution in [3.8, 4) is 0 Å². The molecule has 5 rings (SSSR count). The molecule has 2 nitrogen and oxygen atoms in total. The standard InChI is InChI=1S/C20H23NO/c1-21(2)13-14-22-20-12-11-15(16-7-3-5-9-18(16)20)17-8-4-6-10-19(17)20/h3-10,15H,11-14H2,1-2H3. The molecule has 22 heavy (non-hydrogen) atoms. The fraction of sp³-hybridized carbons (Fsp3) is 0.400. The smallest absolute Gasteiger partial charge is 0.119 e. The third-order valence-electron chi connectivity index (χ3n) is 5.21. The summed E-state index contributed by atoms with van der Waals surface area (Å²) >= 11 is 0. The van der Waals surface area contributed by atoms with Crippen LogP contribution in [0, 0.1) is 0 Å². The fourth-order valence-corrected chi connectivity index (χ4v) is 4.21. The number of nitrogens with zero attached hydrogens (tertiary/aromatic N) is 1. The summed E-state index contributed by atoms with van der Waals surface area (Å²) in [4.78, 5) is 2.18. The predicted octanol–water partition coefficient (Wildman–Crippen LogP) is 3.75. The molecule has 2 aromatic carbocycles. The Morgan fingerprint density at radius 1 is 1.00 bits per heavy atom. The van der Waals surface area contributed by atoms with Crippen LogP contribution in [-0.2, 0) is 10.3 Å². The highest BCUT2D eigenvalue weighted by Gasteiger charge is 2.48. The number of hydrogen-bond donors (Lipinski definition) is 0. The summed E-state index contributed by atoms with van der Waals surface area (Å²) in [6.07, 6.45) is 2.29. The maximum atomic E-state index is 6.58. The quantitative estimate of drug-likeness (QED) is 0.851. The Bertz CT molecular complexity index is 644. The lowest BCUT2D eigenvalue weighted by atomic mass is 9.61. The summed E-state index contributed by atoms with van der Waals surface area (Å²) < 4.78 is 6.58. The third kappa shape index (κ3) is 1.94. The van der Waals surface area contributed by atoms with Gasteiger partial charge in [0.1, 0.15) is 5.60 Å². The number of benzene rings is 2. The minimum absolute atomic E-state index is 0.238. The lowest BCUT2D eigenvalue weighted by molar-refractivity contribution is -0.0436. The SMILES string of the molecule is CN(C)CCOC12CCC(c3ccccc31)c1ccccc12. The van der Waals surface area contributed by atoms with Gasteiger partial charge in [0, 0.05) is 12.5 Å². The van der Waals surface area contributed by atoms with Gasteiger partial charge in [-0.25, -0.2) is 0 Å². The lowest BCUT2D eigenvalue weighted by Gasteiger charge is -2.49. The van der Waals surface area contributed by atoms with E-state index in [1.807, 2.05) is 0 Å². The van der Waals surface area contributed by atoms with E-state index >= 15 is 0 Å². The predicted molar refractivity (Wildman–Crippen MR) is 89.2 cm³/mol. The maximum Gasteiger partial charge on any atom is 0.119 e. The minimum Gasteiger partial charge on any atom is -0.364 e. The van der Waals surface area contributed by atoms with Crippen LogP contribution in [0.25, 0.3) is 0 Å². The van der Waals surface area contributed by atoms with Crippen LogP contribution < -0.4 is 0 Å². The molecule has 0 unspecified atom stereocenters. The van der Waals surface area contributed by atoms with E-state index in [4.69, 9.17) is 4.74 Å². The Hall–Kier alpha value is -1.64. The van der Waals surface area contributed by atoms with Crippen molar-refractivity contribution < 1.29 is 4.74 Å². The first kappa shape index (κ1) is 14.0. The van der Waals surface area contributed by atoms with Gasteiger partial charge in [0.15, 0.2) is 0 Å². The van der Waals surface area contributed by atoms with Gasteiger partial charge in [-0.05, 0) is 49.2 Å². The van der Waals surface area contributed by atoms with Crippen LogP contribution in [-0.4, -0.2) is 32.1 Å². The minimum atomic E-state index is -0.238. The van der Waals surface area contributed by atoms with Gasteiger partial charge < -0.3 is 9.64 Å². The molecule has 3 aliphatic carbocycles. The highest BCUT2D eigenvalue weighted by molar-refractivity contribution is 5.57. The molecule has 3 aliphatic rings. The van der Waals surface area contributed by atoms with Gasteiger partial charge >= 0.3 is 0 Å². The zero-order valence-corrected chi connectivity index (χ0v) is 13.4. The van der Waals surface area contributed by atoms with Crippen molar-refractivity contribution in [2.75, 3.05) is 27.2 Å². The molecule has 0 amide bonds. The van der Waals surface area contributed by atoms with Crippen LogP contribution >= 0.6 is 0 Å². The van der Waals surface area contributed by atoms with Crippen LogP contribution in [0.4, 0.5) is 0 Å². The van der Waals surface area contributed by atoms with E-state index in [0.717, 1.165) is 19.6 Å². The number of hydrogen-bond acceptors (Lipinski definition) is 2. The summed E-state index contributed by atoms with van der Waals surface area (Å²) in [5, 5.41) is 0. The van der Waals surface area contributed by atoms with Gasteiger partial charge in [-0.1, -0.05) is 48.5 Å². The summed E-state index contributed by atoms with van der Waals surface area (Å²) in [6.45, 7) is 1.72.